The first-order chi connectivity index (χ1) is 12.7. The number of nitrogens with two attached hydrogens (primary N) is 1. The van der Waals surface area contributed by atoms with Crippen LogP contribution in [0.5, 0.6) is 0 Å². The molecule has 0 saturated carbocycles. The number of aldehydes is 1. The molecular formula is C19H23N3O5. The molecule has 0 aliphatic heterocycles. The van der Waals surface area contributed by atoms with Gasteiger partial charge in [-0.2, -0.15) is 0 Å². The molecular weight excluding hydrogens is 350 g/mol. The van der Waals surface area contributed by atoms with Crippen LogP contribution in [0.4, 0.5) is 0 Å². The van der Waals surface area contributed by atoms with E-state index >= 15 is 0 Å². The van der Waals surface area contributed by atoms with Crippen LogP contribution >= 0.6 is 0 Å². The van der Waals surface area contributed by atoms with Crippen molar-refractivity contribution in [1.82, 2.24) is 9.88 Å². The average Bonchev–Trinajstić information content (AvgIpc) is 2.96. The molecule has 1 amide bonds. The van der Waals surface area contributed by atoms with E-state index in [0.717, 1.165) is 10.9 Å². The topological polar surface area (TPSA) is 131 Å². The molecule has 0 spiro atoms. The summed E-state index contributed by atoms with van der Waals surface area (Å²) in [6, 6.07) is 6.43. The molecule has 2 aromatic rings. The number of Topliss-reactive ketones (excluding diaryl/α,β-unsaturated/α-hetero) is 1. The normalized spacial score (nSPS) is 14.6. The lowest BCUT2D eigenvalue weighted by molar-refractivity contribution is -0.144. The number of nitrogens with one attached hydrogen (secondary N) is 1. The molecule has 2 rings (SSSR count). The molecule has 0 radical (unpaired) electrons. The predicted molar refractivity (Wildman–Crippen MR) is 99.2 cm³/mol. The third kappa shape index (κ3) is 4.06. The minimum Gasteiger partial charge on any atom is -0.480 e. The standard InChI is InChI=1S/C19H23N3O5/c1-10(2)16(17(24)12(9-23)15(20)19(26)27)21-18(25)14-8-11-6-4-5-7-13(11)22(14)3/h4-10,12,15-16H,20H2,1-3H3,(H,21,25)(H,26,27)/t12?,15?,16-/m0/s1. The summed E-state index contributed by atoms with van der Waals surface area (Å²) in [6.07, 6.45) is 0.222. The first kappa shape index (κ1) is 20.3. The predicted octanol–water partition coefficient (Wildman–Crippen LogP) is 0.729. The number of carboxylic acid groups (broad SMARTS) is 1. The van der Waals surface area contributed by atoms with Crippen LogP contribution in [0.25, 0.3) is 10.9 Å². The zero-order valence-electron chi connectivity index (χ0n) is 15.4. The Labute approximate surface area is 156 Å². The minimum atomic E-state index is -1.66. The Hall–Kier alpha value is -3.00. The first-order valence-corrected chi connectivity index (χ1v) is 8.51. The highest BCUT2D eigenvalue weighted by molar-refractivity contribution is 6.05. The fourth-order valence-electron chi connectivity index (χ4n) is 2.98. The average molecular weight is 373 g/mol. The second-order valence-corrected chi connectivity index (χ2v) is 6.77. The summed E-state index contributed by atoms with van der Waals surface area (Å²) in [6.45, 7) is 3.39. The number of aromatic nitrogens is 1. The van der Waals surface area contributed by atoms with E-state index in [4.69, 9.17) is 10.8 Å². The zero-order chi connectivity index (χ0) is 20.3. The van der Waals surface area contributed by atoms with Crippen LogP contribution in [0, 0.1) is 11.8 Å². The molecule has 8 nitrogen and oxygen atoms in total. The Kier molecular flexibility index (Phi) is 6.12. The van der Waals surface area contributed by atoms with Gasteiger partial charge in [0.2, 0.25) is 0 Å². The Morgan fingerprint density at radius 3 is 2.37 bits per heavy atom. The van der Waals surface area contributed by atoms with Gasteiger partial charge < -0.3 is 25.5 Å². The zero-order valence-corrected chi connectivity index (χ0v) is 15.4. The van der Waals surface area contributed by atoms with Crippen molar-refractivity contribution >= 4 is 34.8 Å². The summed E-state index contributed by atoms with van der Waals surface area (Å²) in [5.41, 5.74) is 6.66. The van der Waals surface area contributed by atoms with Gasteiger partial charge in [0.05, 0.1) is 6.04 Å². The van der Waals surface area contributed by atoms with Gasteiger partial charge in [0.1, 0.15) is 23.9 Å². The number of aliphatic carboxylic acids is 1. The number of carboxylic acids is 1. The lowest BCUT2D eigenvalue weighted by atomic mass is 9.87. The van der Waals surface area contributed by atoms with Crippen LogP contribution in [-0.2, 0) is 21.4 Å². The summed E-state index contributed by atoms with van der Waals surface area (Å²) in [5.74, 6) is -4.57. The van der Waals surface area contributed by atoms with E-state index in [9.17, 15) is 19.2 Å². The Morgan fingerprint density at radius 2 is 1.85 bits per heavy atom. The summed E-state index contributed by atoms with van der Waals surface area (Å²) in [5, 5.41) is 12.5. The molecule has 2 unspecified atom stereocenters. The molecule has 0 fully saturated rings. The van der Waals surface area contributed by atoms with E-state index in [0.29, 0.717) is 5.69 Å². The number of para-hydroxylation sites is 1. The molecule has 0 bridgehead atoms. The van der Waals surface area contributed by atoms with E-state index in [1.807, 2.05) is 24.3 Å². The Bertz CT molecular complexity index is 887. The lowest BCUT2D eigenvalue weighted by Crippen LogP contribution is -2.53. The summed E-state index contributed by atoms with van der Waals surface area (Å²) >= 11 is 0. The summed E-state index contributed by atoms with van der Waals surface area (Å²) in [4.78, 5) is 47.8. The minimum absolute atomic E-state index is 0.222. The quantitative estimate of drug-likeness (QED) is 0.462. The van der Waals surface area contributed by atoms with Crippen molar-refractivity contribution < 1.29 is 24.3 Å². The maximum absolute atomic E-state index is 12.7. The van der Waals surface area contributed by atoms with Gasteiger partial charge in [0.25, 0.3) is 5.91 Å². The molecule has 0 aliphatic rings. The highest BCUT2D eigenvalue weighted by Crippen LogP contribution is 2.19. The van der Waals surface area contributed by atoms with Crippen molar-refractivity contribution in [2.24, 2.45) is 24.6 Å². The van der Waals surface area contributed by atoms with Gasteiger partial charge in [-0.25, -0.2) is 0 Å². The second-order valence-electron chi connectivity index (χ2n) is 6.77. The number of carbonyl (C=O) groups excluding carboxylic acids is 3. The van der Waals surface area contributed by atoms with Gasteiger partial charge in [-0.15, -0.1) is 0 Å². The fourth-order valence-corrected chi connectivity index (χ4v) is 2.98. The number of benzene rings is 1. The molecule has 1 aromatic carbocycles. The van der Waals surface area contributed by atoms with E-state index in [1.165, 1.54) is 0 Å². The second kappa shape index (κ2) is 8.13. The Balaban J connectivity index is 2.30. The van der Waals surface area contributed by atoms with Gasteiger partial charge in [0, 0.05) is 18.0 Å². The largest absolute Gasteiger partial charge is 0.480 e. The maximum atomic E-state index is 12.7. The van der Waals surface area contributed by atoms with Crippen LogP contribution < -0.4 is 11.1 Å². The number of nitrogens with zero attached hydrogens (tertiary/aromatic N) is 1. The number of amides is 1. The lowest BCUT2D eigenvalue weighted by Gasteiger charge is -2.25. The van der Waals surface area contributed by atoms with Gasteiger partial charge in [-0.3, -0.25) is 14.4 Å². The highest BCUT2D eigenvalue weighted by atomic mass is 16.4. The molecule has 27 heavy (non-hydrogen) atoms. The van der Waals surface area contributed by atoms with Gasteiger partial charge in [-0.1, -0.05) is 32.0 Å². The number of hydrogen-bond donors (Lipinski definition) is 3. The van der Waals surface area contributed by atoms with Crippen molar-refractivity contribution in [3.8, 4) is 0 Å². The van der Waals surface area contributed by atoms with Crippen LogP contribution in [0.15, 0.2) is 30.3 Å². The molecule has 1 aromatic heterocycles. The number of carbonyl (C=O) groups is 4. The molecule has 1 heterocycles. The van der Waals surface area contributed by atoms with Crippen LogP contribution in [0.1, 0.15) is 24.3 Å². The van der Waals surface area contributed by atoms with Crippen molar-refractivity contribution in [3.63, 3.8) is 0 Å². The molecule has 0 aliphatic carbocycles. The summed E-state index contributed by atoms with van der Waals surface area (Å²) in [7, 11) is 1.73. The van der Waals surface area contributed by atoms with Crippen molar-refractivity contribution in [3.05, 3.63) is 36.0 Å². The van der Waals surface area contributed by atoms with Crippen LogP contribution in [-0.4, -0.2) is 45.7 Å². The number of hydrogen-bond acceptors (Lipinski definition) is 5. The highest BCUT2D eigenvalue weighted by Gasteiger charge is 2.37. The third-order valence-corrected chi connectivity index (χ3v) is 4.59. The number of rotatable bonds is 8. The van der Waals surface area contributed by atoms with E-state index in [-0.39, 0.29) is 12.2 Å². The van der Waals surface area contributed by atoms with E-state index < -0.39 is 35.7 Å². The van der Waals surface area contributed by atoms with E-state index in [1.54, 1.807) is 31.5 Å². The molecule has 3 atom stereocenters. The van der Waals surface area contributed by atoms with Crippen molar-refractivity contribution in [1.29, 1.82) is 0 Å². The summed E-state index contributed by atoms with van der Waals surface area (Å²) < 4.78 is 1.70. The maximum Gasteiger partial charge on any atom is 0.321 e. The van der Waals surface area contributed by atoms with Gasteiger partial charge in [0.15, 0.2) is 5.78 Å². The van der Waals surface area contributed by atoms with Crippen LogP contribution in [0.2, 0.25) is 0 Å². The van der Waals surface area contributed by atoms with Crippen molar-refractivity contribution in [2.75, 3.05) is 0 Å². The SMILES string of the molecule is CC(C)[C@H](NC(=O)c1cc2ccccc2n1C)C(=O)C(C=O)C(N)C(=O)O. The Morgan fingerprint density at radius 1 is 1.22 bits per heavy atom. The van der Waals surface area contributed by atoms with E-state index in [2.05, 4.69) is 5.32 Å². The van der Waals surface area contributed by atoms with Gasteiger partial charge >= 0.3 is 5.97 Å². The van der Waals surface area contributed by atoms with Crippen LogP contribution in [0.3, 0.4) is 0 Å². The third-order valence-electron chi connectivity index (χ3n) is 4.59. The first-order valence-electron chi connectivity index (χ1n) is 8.51. The number of ketones is 1. The molecule has 4 N–H and O–H groups in total. The molecule has 8 heteroatoms. The van der Waals surface area contributed by atoms with Crippen molar-refractivity contribution in [2.45, 2.75) is 25.9 Å². The molecule has 144 valence electrons. The number of fused-ring (bicyclic) bond motifs is 1. The molecule has 0 saturated heterocycles. The fraction of sp³-hybridized carbons (Fsp3) is 0.368. The monoisotopic (exact) mass is 373 g/mol. The number of aryl methyl sites for hydroxylation is 1. The van der Waals surface area contributed by atoms with Gasteiger partial charge in [-0.05, 0) is 18.1 Å². The smallest absolute Gasteiger partial charge is 0.321 e.